The summed E-state index contributed by atoms with van der Waals surface area (Å²) in [5, 5.41) is 0.484. The van der Waals surface area contributed by atoms with E-state index in [0.29, 0.717) is 27.4 Å². The molecule has 0 aliphatic carbocycles. The van der Waals surface area contributed by atoms with Crippen molar-refractivity contribution in [3.63, 3.8) is 0 Å². The Kier molecular flexibility index (Phi) is 4.28. The fraction of sp³-hybridized carbons (Fsp3) is 0.200. The second-order valence-electron chi connectivity index (χ2n) is 4.72. The monoisotopic (exact) mass is 293 g/mol. The summed E-state index contributed by atoms with van der Waals surface area (Å²) in [5.41, 5.74) is 21.1. The molecule has 0 saturated carbocycles. The number of rotatable bonds is 3. The summed E-state index contributed by atoms with van der Waals surface area (Å²) in [7, 11) is 0. The molecule has 106 valence electrons. The highest BCUT2D eigenvalue weighted by atomic mass is 35.5. The fourth-order valence-electron chi connectivity index (χ4n) is 2.26. The number of nitrogens with two attached hydrogens (primary N) is 3. The van der Waals surface area contributed by atoms with Gasteiger partial charge in [-0.15, -0.1) is 0 Å². The van der Waals surface area contributed by atoms with Gasteiger partial charge in [0.25, 0.3) is 0 Å². The molecule has 20 heavy (non-hydrogen) atoms. The van der Waals surface area contributed by atoms with Crippen LogP contribution in [0.3, 0.4) is 0 Å². The van der Waals surface area contributed by atoms with Gasteiger partial charge in [-0.1, -0.05) is 23.7 Å². The van der Waals surface area contributed by atoms with E-state index in [1.807, 2.05) is 6.92 Å². The van der Waals surface area contributed by atoms with Crippen molar-refractivity contribution in [2.45, 2.75) is 19.5 Å². The van der Waals surface area contributed by atoms with Crippen molar-refractivity contribution in [1.29, 1.82) is 0 Å². The molecule has 0 fully saturated rings. The van der Waals surface area contributed by atoms with Crippen LogP contribution < -0.4 is 17.2 Å². The molecule has 3 nitrogen and oxygen atoms in total. The van der Waals surface area contributed by atoms with Gasteiger partial charge in [-0.3, -0.25) is 0 Å². The van der Waals surface area contributed by atoms with Gasteiger partial charge >= 0.3 is 0 Å². The van der Waals surface area contributed by atoms with E-state index in [1.54, 1.807) is 18.2 Å². The van der Waals surface area contributed by atoms with Crippen molar-refractivity contribution in [2.75, 3.05) is 5.73 Å². The van der Waals surface area contributed by atoms with Gasteiger partial charge in [-0.25, -0.2) is 4.39 Å². The van der Waals surface area contributed by atoms with Gasteiger partial charge in [0.05, 0.1) is 0 Å². The average Bonchev–Trinajstić information content (AvgIpc) is 2.38. The molecule has 0 heterocycles. The lowest BCUT2D eigenvalue weighted by atomic mass is 9.91. The first-order chi connectivity index (χ1) is 9.45. The molecular formula is C15H17ClFN3. The Labute approximate surface area is 122 Å². The predicted molar refractivity (Wildman–Crippen MR) is 81.8 cm³/mol. The smallest absolute Gasteiger partial charge is 0.123 e. The third kappa shape index (κ3) is 2.63. The summed E-state index contributed by atoms with van der Waals surface area (Å²) in [6.07, 6.45) is 0. The molecule has 0 bridgehead atoms. The first kappa shape index (κ1) is 14.8. The highest BCUT2D eigenvalue weighted by Gasteiger charge is 2.18. The lowest BCUT2D eigenvalue weighted by Gasteiger charge is -2.19. The van der Waals surface area contributed by atoms with Crippen LogP contribution in [0, 0.1) is 5.82 Å². The molecule has 0 aromatic heterocycles. The molecule has 2 rings (SSSR count). The third-order valence-corrected chi connectivity index (χ3v) is 3.60. The highest BCUT2D eigenvalue weighted by Crippen LogP contribution is 2.38. The molecule has 0 saturated heterocycles. The van der Waals surface area contributed by atoms with E-state index >= 15 is 0 Å². The first-order valence-electron chi connectivity index (χ1n) is 6.28. The van der Waals surface area contributed by atoms with Crippen LogP contribution in [-0.4, -0.2) is 0 Å². The van der Waals surface area contributed by atoms with Crippen LogP contribution in [0.15, 0.2) is 30.3 Å². The van der Waals surface area contributed by atoms with Crippen LogP contribution in [-0.2, 0) is 6.54 Å². The molecule has 0 amide bonds. The molecule has 0 aliphatic rings. The fourth-order valence-corrected chi connectivity index (χ4v) is 2.56. The van der Waals surface area contributed by atoms with Crippen molar-refractivity contribution >= 4 is 17.3 Å². The normalized spacial score (nSPS) is 12.4. The van der Waals surface area contributed by atoms with E-state index < -0.39 is 0 Å². The second kappa shape index (κ2) is 5.79. The lowest BCUT2D eigenvalue weighted by molar-refractivity contribution is 0.628. The minimum atomic E-state index is -0.332. The average molecular weight is 294 g/mol. The Bertz CT molecular complexity index is 641. The van der Waals surface area contributed by atoms with Crippen molar-refractivity contribution in [3.8, 4) is 11.1 Å². The molecule has 0 aliphatic heterocycles. The molecule has 2 aromatic rings. The van der Waals surface area contributed by atoms with Gasteiger partial charge < -0.3 is 17.2 Å². The maximum Gasteiger partial charge on any atom is 0.123 e. The molecule has 1 unspecified atom stereocenters. The van der Waals surface area contributed by atoms with Gasteiger partial charge in [0.1, 0.15) is 5.82 Å². The maximum absolute atomic E-state index is 13.5. The number of nitrogen functional groups attached to an aromatic ring is 1. The van der Waals surface area contributed by atoms with E-state index in [0.717, 1.165) is 5.56 Å². The topological polar surface area (TPSA) is 78.1 Å². The predicted octanol–water partition coefficient (Wildman–Crippen LogP) is 3.21. The zero-order chi connectivity index (χ0) is 14.9. The molecular weight excluding hydrogens is 277 g/mol. The van der Waals surface area contributed by atoms with Crippen LogP contribution in [0.2, 0.25) is 5.02 Å². The van der Waals surface area contributed by atoms with E-state index in [4.69, 9.17) is 28.8 Å². The van der Waals surface area contributed by atoms with E-state index in [9.17, 15) is 4.39 Å². The Morgan fingerprint density at radius 1 is 1.30 bits per heavy atom. The van der Waals surface area contributed by atoms with Crippen LogP contribution in [0.4, 0.5) is 10.1 Å². The standard InChI is InChI=1S/C15H17ClFN3/c1-8(19)11-6-13(16)12(7-18)15(20)14(11)9-3-2-4-10(17)5-9/h2-6,8H,7,18-20H2,1H3. The number of anilines is 1. The van der Waals surface area contributed by atoms with Crippen LogP contribution >= 0.6 is 11.6 Å². The van der Waals surface area contributed by atoms with Crippen molar-refractivity contribution < 1.29 is 4.39 Å². The third-order valence-electron chi connectivity index (χ3n) is 3.26. The quantitative estimate of drug-likeness (QED) is 0.760. The number of hydrogen-bond donors (Lipinski definition) is 3. The molecule has 0 spiro atoms. The zero-order valence-corrected chi connectivity index (χ0v) is 11.9. The summed E-state index contributed by atoms with van der Waals surface area (Å²) in [6, 6.07) is 7.70. The number of hydrogen-bond acceptors (Lipinski definition) is 3. The maximum atomic E-state index is 13.5. The van der Waals surface area contributed by atoms with E-state index in [-0.39, 0.29) is 18.4 Å². The van der Waals surface area contributed by atoms with Crippen LogP contribution in [0.5, 0.6) is 0 Å². The van der Waals surface area contributed by atoms with Gasteiger partial charge in [0.2, 0.25) is 0 Å². The van der Waals surface area contributed by atoms with Crippen LogP contribution in [0.1, 0.15) is 24.1 Å². The summed E-state index contributed by atoms with van der Waals surface area (Å²) < 4.78 is 13.5. The van der Waals surface area contributed by atoms with E-state index in [1.165, 1.54) is 12.1 Å². The lowest BCUT2D eigenvalue weighted by Crippen LogP contribution is -2.12. The molecule has 0 radical (unpaired) electrons. The Morgan fingerprint density at radius 2 is 2.00 bits per heavy atom. The van der Waals surface area contributed by atoms with Gasteiger partial charge in [0, 0.05) is 34.4 Å². The molecule has 6 N–H and O–H groups in total. The minimum Gasteiger partial charge on any atom is -0.398 e. The van der Waals surface area contributed by atoms with E-state index in [2.05, 4.69) is 0 Å². The Morgan fingerprint density at radius 3 is 2.55 bits per heavy atom. The highest BCUT2D eigenvalue weighted by molar-refractivity contribution is 6.32. The molecule has 2 aromatic carbocycles. The minimum absolute atomic E-state index is 0.214. The SMILES string of the molecule is CC(N)c1cc(Cl)c(CN)c(N)c1-c1cccc(F)c1. The molecule has 1 atom stereocenters. The van der Waals surface area contributed by atoms with Crippen molar-refractivity contribution in [3.05, 3.63) is 52.3 Å². The van der Waals surface area contributed by atoms with Gasteiger partial charge in [0.15, 0.2) is 0 Å². The van der Waals surface area contributed by atoms with Gasteiger partial charge in [-0.05, 0) is 36.2 Å². The number of halogens is 2. The van der Waals surface area contributed by atoms with Crippen molar-refractivity contribution in [1.82, 2.24) is 0 Å². The zero-order valence-electron chi connectivity index (χ0n) is 11.2. The van der Waals surface area contributed by atoms with Crippen LogP contribution in [0.25, 0.3) is 11.1 Å². The Hall–Kier alpha value is -1.62. The van der Waals surface area contributed by atoms with Gasteiger partial charge in [-0.2, -0.15) is 0 Å². The number of benzene rings is 2. The Balaban J connectivity index is 2.78. The summed E-state index contributed by atoms with van der Waals surface area (Å²) in [4.78, 5) is 0. The first-order valence-corrected chi connectivity index (χ1v) is 6.65. The summed E-state index contributed by atoms with van der Waals surface area (Å²) in [6.45, 7) is 2.04. The second-order valence-corrected chi connectivity index (χ2v) is 5.13. The largest absolute Gasteiger partial charge is 0.398 e. The molecule has 5 heteroatoms. The summed E-state index contributed by atoms with van der Waals surface area (Å²) >= 11 is 6.18. The van der Waals surface area contributed by atoms with Crippen molar-refractivity contribution in [2.24, 2.45) is 11.5 Å². The summed E-state index contributed by atoms with van der Waals surface area (Å²) in [5.74, 6) is -0.332.